The standard InChI is InChI=1S/C26H27NO6/c1-14(2)33-22-7-4-15(10-23(22)30-3)17-8-19-26(20(28)9-17)18(12-25(29)27-19)16-5-6-21-24(11-16)32-13-31-21/h4-7,10-11,14,17-18H,8-9,12-13H2,1-3H3,(H,27,29)/t17-,18+/m1/s1. The fourth-order valence-corrected chi connectivity index (χ4v) is 4.90. The first-order valence-corrected chi connectivity index (χ1v) is 11.2. The van der Waals surface area contributed by atoms with E-state index < -0.39 is 0 Å². The lowest BCUT2D eigenvalue weighted by Gasteiger charge is -2.34. The zero-order valence-corrected chi connectivity index (χ0v) is 19.0. The van der Waals surface area contributed by atoms with Crippen LogP contribution in [0, 0.1) is 0 Å². The van der Waals surface area contributed by atoms with E-state index in [0.717, 1.165) is 16.8 Å². The zero-order chi connectivity index (χ0) is 23.1. The van der Waals surface area contributed by atoms with Crippen LogP contribution >= 0.6 is 0 Å². The predicted molar refractivity (Wildman–Crippen MR) is 121 cm³/mol. The van der Waals surface area contributed by atoms with Crippen molar-refractivity contribution in [2.75, 3.05) is 13.9 Å². The first-order valence-electron chi connectivity index (χ1n) is 11.2. The van der Waals surface area contributed by atoms with Crippen LogP contribution in [0.4, 0.5) is 0 Å². The minimum Gasteiger partial charge on any atom is -0.493 e. The summed E-state index contributed by atoms with van der Waals surface area (Å²) in [5, 5.41) is 2.97. The molecule has 2 heterocycles. The number of hydrogen-bond donors (Lipinski definition) is 1. The summed E-state index contributed by atoms with van der Waals surface area (Å²) in [6, 6.07) is 11.4. The largest absolute Gasteiger partial charge is 0.493 e. The van der Waals surface area contributed by atoms with Crippen LogP contribution in [-0.2, 0) is 9.59 Å². The number of hydrogen-bond acceptors (Lipinski definition) is 6. The molecule has 3 aliphatic rings. The molecular weight excluding hydrogens is 422 g/mol. The normalized spacial score (nSPS) is 21.7. The first-order chi connectivity index (χ1) is 15.9. The Morgan fingerprint density at radius 2 is 1.73 bits per heavy atom. The summed E-state index contributed by atoms with van der Waals surface area (Å²) in [4.78, 5) is 26.0. The molecular formula is C26H27NO6. The molecule has 33 heavy (non-hydrogen) atoms. The number of methoxy groups -OCH3 is 1. The third-order valence-electron chi connectivity index (χ3n) is 6.36. The monoisotopic (exact) mass is 449 g/mol. The summed E-state index contributed by atoms with van der Waals surface area (Å²) in [5.41, 5.74) is 3.31. The van der Waals surface area contributed by atoms with Gasteiger partial charge >= 0.3 is 0 Å². The molecule has 172 valence electrons. The van der Waals surface area contributed by atoms with E-state index in [1.165, 1.54) is 0 Å². The number of carbonyl (C=O) groups is 2. The van der Waals surface area contributed by atoms with Gasteiger partial charge in [0.05, 0.1) is 13.2 Å². The Morgan fingerprint density at radius 1 is 0.939 bits per heavy atom. The van der Waals surface area contributed by atoms with Gasteiger partial charge in [-0.05, 0) is 61.6 Å². The molecule has 0 saturated carbocycles. The van der Waals surface area contributed by atoms with Crippen molar-refractivity contribution in [3.8, 4) is 23.0 Å². The molecule has 0 spiro atoms. The van der Waals surface area contributed by atoms with Gasteiger partial charge < -0.3 is 24.3 Å². The first kappa shape index (κ1) is 21.4. The maximum Gasteiger partial charge on any atom is 0.231 e. The van der Waals surface area contributed by atoms with E-state index in [0.29, 0.717) is 41.4 Å². The number of ether oxygens (including phenoxy) is 4. The summed E-state index contributed by atoms with van der Waals surface area (Å²) in [7, 11) is 1.61. The van der Waals surface area contributed by atoms with Crippen molar-refractivity contribution >= 4 is 11.7 Å². The molecule has 0 saturated heterocycles. The molecule has 0 bridgehead atoms. The summed E-state index contributed by atoms with van der Waals surface area (Å²) < 4.78 is 22.2. The highest BCUT2D eigenvalue weighted by Gasteiger charge is 2.38. The Morgan fingerprint density at radius 3 is 2.52 bits per heavy atom. The lowest BCUT2D eigenvalue weighted by atomic mass is 9.73. The number of allylic oxidation sites excluding steroid dienone is 2. The van der Waals surface area contributed by atoms with Gasteiger partial charge in [-0.3, -0.25) is 9.59 Å². The third kappa shape index (κ3) is 4.03. The number of rotatable bonds is 5. The van der Waals surface area contributed by atoms with Crippen LogP contribution in [-0.4, -0.2) is 31.7 Å². The molecule has 2 aromatic rings. The van der Waals surface area contributed by atoms with E-state index in [1.54, 1.807) is 7.11 Å². The quantitative estimate of drug-likeness (QED) is 0.736. The van der Waals surface area contributed by atoms with Crippen LogP contribution < -0.4 is 24.3 Å². The van der Waals surface area contributed by atoms with Gasteiger partial charge in [0.2, 0.25) is 12.7 Å². The fraction of sp³-hybridized carbons (Fsp3) is 0.385. The number of Topliss-reactive ketones (excluding diaryl/α,β-unsaturated/α-hetero) is 1. The van der Waals surface area contributed by atoms with E-state index in [2.05, 4.69) is 5.32 Å². The highest BCUT2D eigenvalue weighted by atomic mass is 16.7. The second kappa shape index (κ2) is 8.46. The van der Waals surface area contributed by atoms with E-state index in [4.69, 9.17) is 18.9 Å². The fourth-order valence-electron chi connectivity index (χ4n) is 4.90. The molecule has 0 radical (unpaired) electrons. The van der Waals surface area contributed by atoms with Crippen LogP contribution in [0.3, 0.4) is 0 Å². The molecule has 2 atom stereocenters. The molecule has 7 heteroatoms. The molecule has 0 aromatic heterocycles. The van der Waals surface area contributed by atoms with Crippen molar-refractivity contribution < 1.29 is 28.5 Å². The average molecular weight is 450 g/mol. The molecule has 0 fully saturated rings. The molecule has 1 N–H and O–H groups in total. The van der Waals surface area contributed by atoms with Crippen molar-refractivity contribution in [3.05, 3.63) is 58.8 Å². The Balaban J connectivity index is 1.46. The molecule has 2 aromatic carbocycles. The summed E-state index contributed by atoms with van der Waals surface area (Å²) in [6.45, 7) is 4.11. The Labute approximate surface area is 192 Å². The average Bonchev–Trinajstić information content (AvgIpc) is 3.26. The molecule has 7 nitrogen and oxygen atoms in total. The van der Waals surface area contributed by atoms with Crippen molar-refractivity contribution in [1.82, 2.24) is 5.32 Å². The van der Waals surface area contributed by atoms with Crippen molar-refractivity contribution in [2.24, 2.45) is 0 Å². The van der Waals surface area contributed by atoms with Crippen LogP contribution in [0.2, 0.25) is 0 Å². The van der Waals surface area contributed by atoms with Gasteiger partial charge in [-0.1, -0.05) is 12.1 Å². The number of benzene rings is 2. The molecule has 0 unspecified atom stereocenters. The molecule has 1 amide bonds. The van der Waals surface area contributed by atoms with Gasteiger partial charge in [0, 0.05) is 30.0 Å². The Bertz CT molecular complexity index is 1150. The lowest BCUT2D eigenvalue weighted by Crippen LogP contribution is -2.38. The number of ketones is 1. The van der Waals surface area contributed by atoms with Crippen molar-refractivity contribution in [2.45, 2.75) is 51.0 Å². The molecule has 5 rings (SSSR count). The van der Waals surface area contributed by atoms with Crippen molar-refractivity contribution in [3.63, 3.8) is 0 Å². The topological polar surface area (TPSA) is 83.1 Å². The van der Waals surface area contributed by atoms with E-state index in [-0.39, 0.29) is 42.8 Å². The number of nitrogens with one attached hydrogen (secondary N) is 1. The van der Waals surface area contributed by atoms with E-state index in [1.807, 2.05) is 50.2 Å². The van der Waals surface area contributed by atoms with Crippen LogP contribution in [0.5, 0.6) is 23.0 Å². The van der Waals surface area contributed by atoms with Crippen LogP contribution in [0.15, 0.2) is 47.7 Å². The maximum atomic E-state index is 13.4. The van der Waals surface area contributed by atoms with Crippen LogP contribution in [0.1, 0.15) is 56.1 Å². The molecule has 2 aliphatic heterocycles. The zero-order valence-electron chi connectivity index (χ0n) is 19.0. The highest BCUT2D eigenvalue weighted by Crippen LogP contribution is 2.45. The van der Waals surface area contributed by atoms with Crippen molar-refractivity contribution in [1.29, 1.82) is 0 Å². The maximum absolute atomic E-state index is 13.4. The smallest absolute Gasteiger partial charge is 0.231 e. The highest BCUT2D eigenvalue weighted by molar-refractivity contribution is 6.02. The van der Waals surface area contributed by atoms with Gasteiger partial charge in [0.1, 0.15) is 0 Å². The summed E-state index contributed by atoms with van der Waals surface area (Å²) in [6.07, 6.45) is 1.23. The third-order valence-corrected chi connectivity index (χ3v) is 6.36. The summed E-state index contributed by atoms with van der Waals surface area (Å²) in [5.74, 6) is 2.29. The van der Waals surface area contributed by atoms with Gasteiger partial charge in [-0.2, -0.15) is 0 Å². The van der Waals surface area contributed by atoms with Gasteiger partial charge in [-0.15, -0.1) is 0 Å². The Hall–Kier alpha value is -3.48. The number of amides is 1. The van der Waals surface area contributed by atoms with E-state index in [9.17, 15) is 9.59 Å². The minimum atomic E-state index is -0.284. The molecule has 1 aliphatic carbocycles. The number of fused-ring (bicyclic) bond motifs is 1. The Kier molecular flexibility index (Phi) is 5.48. The summed E-state index contributed by atoms with van der Waals surface area (Å²) >= 11 is 0. The SMILES string of the molecule is COc1cc([C@H]2CC(=O)C3=C(C2)NC(=O)C[C@H]3c2ccc3c(c2)OCO3)ccc1OC(C)C. The van der Waals surface area contributed by atoms with Gasteiger partial charge in [0.25, 0.3) is 0 Å². The minimum absolute atomic E-state index is 0.0271. The van der Waals surface area contributed by atoms with Crippen LogP contribution in [0.25, 0.3) is 0 Å². The second-order valence-corrected chi connectivity index (χ2v) is 8.92. The number of carbonyl (C=O) groups excluding carboxylic acids is 2. The predicted octanol–water partition coefficient (Wildman–Crippen LogP) is 4.22. The second-order valence-electron chi connectivity index (χ2n) is 8.92. The van der Waals surface area contributed by atoms with Gasteiger partial charge in [0.15, 0.2) is 28.8 Å². The van der Waals surface area contributed by atoms with Gasteiger partial charge in [-0.25, -0.2) is 0 Å². The van der Waals surface area contributed by atoms with E-state index >= 15 is 0 Å². The lowest BCUT2D eigenvalue weighted by molar-refractivity contribution is -0.122.